The van der Waals surface area contributed by atoms with Gasteiger partial charge in [0, 0.05) is 45.4 Å². The third-order valence-corrected chi connectivity index (χ3v) is 4.90. The Hall–Kier alpha value is -1.70. The molecule has 0 bridgehead atoms. The Kier molecular flexibility index (Phi) is 7.22. The van der Waals surface area contributed by atoms with Crippen molar-refractivity contribution >= 4 is 5.91 Å². The third-order valence-electron chi connectivity index (χ3n) is 4.90. The minimum Gasteiger partial charge on any atom is -0.481 e. The normalized spacial score (nSPS) is 19.3. The lowest BCUT2D eigenvalue weighted by Crippen LogP contribution is -2.49. The molecule has 7 heteroatoms. The fraction of sp³-hybridized carbons (Fsp3) is 0.632. The second kappa shape index (κ2) is 9.85. The molecule has 0 spiro atoms. The maximum absolute atomic E-state index is 13.7. The van der Waals surface area contributed by atoms with Gasteiger partial charge in [0.05, 0.1) is 13.2 Å². The number of carbonyl (C=O) groups is 1. The monoisotopic (exact) mass is 366 g/mol. The summed E-state index contributed by atoms with van der Waals surface area (Å²) in [6.07, 6.45) is 1.66. The number of rotatable bonds is 7. The highest BCUT2D eigenvalue weighted by Crippen LogP contribution is 2.18. The van der Waals surface area contributed by atoms with Crippen LogP contribution in [-0.2, 0) is 14.3 Å². The SMILES string of the molecule is O=C(COc1ccccc1F)N(CCN1CCOCC1)C1CCOCC1. The fourth-order valence-electron chi connectivity index (χ4n) is 3.37. The number of amides is 1. The largest absolute Gasteiger partial charge is 0.481 e. The highest BCUT2D eigenvalue weighted by atomic mass is 19.1. The molecule has 2 fully saturated rings. The number of halogens is 1. The topological polar surface area (TPSA) is 51.2 Å². The summed E-state index contributed by atoms with van der Waals surface area (Å²) in [6.45, 7) is 5.89. The van der Waals surface area contributed by atoms with Gasteiger partial charge in [-0.05, 0) is 25.0 Å². The van der Waals surface area contributed by atoms with Crippen molar-refractivity contribution < 1.29 is 23.4 Å². The van der Waals surface area contributed by atoms with Crippen LogP contribution in [0.3, 0.4) is 0 Å². The Morgan fingerprint density at radius 2 is 1.85 bits per heavy atom. The van der Waals surface area contributed by atoms with Crippen LogP contribution < -0.4 is 4.74 Å². The predicted octanol–water partition coefficient (Wildman–Crippen LogP) is 1.54. The van der Waals surface area contributed by atoms with E-state index in [9.17, 15) is 9.18 Å². The highest BCUT2D eigenvalue weighted by Gasteiger charge is 2.27. The number of para-hydroxylation sites is 1. The average Bonchev–Trinajstić information content (AvgIpc) is 2.69. The molecular weight excluding hydrogens is 339 g/mol. The van der Waals surface area contributed by atoms with Crippen molar-refractivity contribution in [3.63, 3.8) is 0 Å². The Morgan fingerprint density at radius 3 is 2.58 bits per heavy atom. The molecule has 26 heavy (non-hydrogen) atoms. The van der Waals surface area contributed by atoms with Gasteiger partial charge in [-0.25, -0.2) is 4.39 Å². The minimum atomic E-state index is -0.453. The molecule has 0 atom stereocenters. The van der Waals surface area contributed by atoms with Crippen molar-refractivity contribution in [2.24, 2.45) is 0 Å². The molecule has 0 radical (unpaired) electrons. The molecule has 0 aliphatic carbocycles. The van der Waals surface area contributed by atoms with Gasteiger partial charge in [-0.1, -0.05) is 12.1 Å². The second-order valence-corrected chi connectivity index (χ2v) is 6.60. The maximum atomic E-state index is 13.7. The number of benzene rings is 1. The summed E-state index contributed by atoms with van der Waals surface area (Å²) >= 11 is 0. The first-order chi connectivity index (χ1) is 12.7. The van der Waals surface area contributed by atoms with Gasteiger partial charge in [0.15, 0.2) is 18.2 Å². The van der Waals surface area contributed by atoms with E-state index in [2.05, 4.69) is 4.90 Å². The molecule has 0 saturated carbocycles. The molecule has 3 rings (SSSR count). The van der Waals surface area contributed by atoms with E-state index in [0.29, 0.717) is 19.8 Å². The summed E-state index contributed by atoms with van der Waals surface area (Å²) in [5, 5.41) is 0. The second-order valence-electron chi connectivity index (χ2n) is 6.60. The molecule has 2 aliphatic rings. The van der Waals surface area contributed by atoms with E-state index in [1.165, 1.54) is 12.1 Å². The van der Waals surface area contributed by atoms with Crippen LogP contribution in [0.5, 0.6) is 5.75 Å². The lowest BCUT2D eigenvalue weighted by molar-refractivity contribution is -0.138. The first kappa shape index (κ1) is 19.1. The molecule has 6 nitrogen and oxygen atoms in total. The van der Waals surface area contributed by atoms with Crippen molar-refractivity contribution in [3.05, 3.63) is 30.1 Å². The summed E-state index contributed by atoms with van der Waals surface area (Å²) in [5.41, 5.74) is 0. The van der Waals surface area contributed by atoms with Gasteiger partial charge in [0.1, 0.15) is 0 Å². The first-order valence-corrected chi connectivity index (χ1v) is 9.28. The quantitative estimate of drug-likeness (QED) is 0.733. The molecule has 1 amide bonds. The molecule has 0 N–H and O–H groups in total. The van der Waals surface area contributed by atoms with Crippen LogP contribution in [0.1, 0.15) is 12.8 Å². The Bertz CT molecular complexity index is 574. The van der Waals surface area contributed by atoms with Gasteiger partial charge in [-0.15, -0.1) is 0 Å². The van der Waals surface area contributed by atoms with Crippen LogP contribution in [0.4, 0.5) is 4.39 Å². The number of ether oxygens (including phenoxy) is 3. The van der Waals surface area contributed by atoms with Crippen molar-refractivity contribution in [2.75, 3.05) is 59.2 Å². The number of hydrogen-bond donors (Lipinski definition) is 0. The number of hydrogen-bond acceptors (Lipinski definition) is 5. The number of carbonyl (C=O) groups excluding carboxylic acids is 1. The van der Waals surface area contributed by atoms with Crippen LogP contribution in [0.2, 0.25) is 0 Å². The molecule has 2 aliphatic heterocycles. The lowest BCUT2D eigenvalue weighted by atomic mass is 10.1. The first-order valence-electron chi connectivity index (χ1n) is 9.28. The molecule has 2 heterocycles. The summed E-state index contributed by atoms with van der Waals surface area (Å²) in [4.78, 5) is 17.0. The number of morpholine rings is 1. The summed E-state index contributed by atoms with van der Waals surface area (Å²) in [6, 6.07) is 6.31. The molecule has 0 unspecified atom stereocenters. The molecule has 1 aromatic rings. The van der Waals surface area contributed by atoms with Gasteiger partial charge in [0.2, 0.25) is 0 Å². The van der Waals surface area contributed by atoms with Gasteiger partial charge >= 0.3 is 0 Å². The zero-order valence-corrected chi connectivity index (χ0v) is 15.1. The zero-order valence-electron chi connectivity index (χ0n) is 15.1. The Labute approximate surface area is 153 Å². The van der Waals surface area contributed by atoms with E-state index in [0.717, 1.165) is 45.7 Å². The van der Waals surface area contributed by atoms with E-state index >= 15 is 0 Å². The summed E-state index contributed by atoms with van der Waals surface area (Å²) < 4.78 is 29.9. The Balaban J connectivity index is 1.57. The lowest BCUT2D eigenvalue weighted by Gasteiger charge is -2.36. The van der Waals surface area contributed by atoms with Crippen LogP contribution in [0.25, 0.3) is 0 Å². The fourth-order valence-corrected chi connectivity index (χ4v) is 3.37. The summed E-state index contributed by atoms with van der Waals surface area (Å²) in [7, 11) is 0. The van der Waals surface area contributed by atoms with E-state index in [4.69, 9.17) is 14.2 Å². The Morgan fingerprint density at radius 1 is 1.15 bits per heavy atom. The molecule has 2 saturated heterocycles. The third kappa shape index (κ3) is 5.40. The standard InChI is InChI=1S/C19H27FN2O4/c20-17-3-1-2-4-18(17)26-15-19(23)22(16-5-11-24-12-6-16)8-7-21-9-13-25-14-10-21/h1-4,16H,5-15H2. The van der Waals surface area contributed by atoms with E-state index in [1.807, 2.05) is 4.90 Å². The molecule has 144 valence electrons. The number of nitrogens with zero attached hydrogens (tertiary/aromatic N) is 2. The smallest absolute Gasteiger partial charge is 0.260 e. The molecule has 1 aromatic carbocycles. The minimum absolute atomic E-state index is 0.103. The molecule has 0 aromatic heterocycles. The van der Waals surface area contributed by atoms with E-state index < -0.39 is 5.82 Å². The van der Waals surface area contributed by atoms with Crippen molar-refractivity contribution in [2.45, 2.75) is 18.9 Å². The molecular formula is C19H27FN2O4. The average molecular weight is 366 g/mol. The van der Waals surface area contributed by atoms with Gasteiger partial charge < -0.3 is 19.1 Å². The van der Waals surface area contributed by atoms with Gasteiger partial charge in [-0.3, -0.25) is 9.69 Å². The van der Waals surface area contributed by atoms with Crippen LogP contribution in [0.15, 0.2) is 24.3 Å². The van der Waals surface area contributed by atoms with Crippen molar-refractivity contribution in [3.8, 4) is 5.75 Å². The predicted molar refractivity (Wildman–Crippen MR) is 94.7 cm³/mol. The van der Waals surface area contributed by atoms with E-state index in [-0.39, 0.29) is 24.3 Å². The summed E-state index contributed by atoms with van der Waals surface area (Å²) in [5.74, 6) is -0.444. The zero-order chi connectivity index (χ0) is 18.2. The maximum Gasteiger partial charge on any atom is 0.260 e. The van der Waals surface area contributed by atoms with Crippen LogP contribution in [0, 0.1) is 5.82 Å². The van der Waals surface area contributed by atoms with Gasteiger partial charge in [0.25, 0.3) is 5.91 Å². The van der Waals surface area contributed by atoms with Crippen LogP contribution in [-0.4, -0.2) is 81.0 Å². The van der Waals surface area contributed by atoms with E-state index in [1.54, 1.807) is 12.1 Å². The van der Waals surface area contributed by atoms with Crippen molar-refractivity contribution in [1.29, 1.82) is 0 Å². The van der Waals surface area contributed by atoms with Gasteiger partial charge in [-0.2, -0.15) is 0 Å². The van der Waals surface area contributed by atoms with Crippen LogP contribution >= 0.6 is 0 Å². The highest BCUT2D eigenvalue weighted by molar-refractivity contribution is 5.78. The van der Waals surface area contributed by atoms with Crippen molar-refractivity contribution in [1.82, 2.24) is 9.80 Å².